The van der Waals surface area contributed by atoms with Gasteiger partial charge in [0.05, 0.1) is 0 Å². The summed E-state index contributed by atoms with van der Waals surface area (Å²) in [5.74, 6) is 0.0407. The van der Waals surface area contributed by atoms with Crippen LogP contribution in [0, 0.1) is 13.8 Å². The molecule has 33 heavy (non-hydrogen) atoms. The Kier molecular flexibility index (Phi) is 10.8. The van der Waals surface area contributed by atoms with Gasteiger partial charge in [-0.05, 0) is 67.6 Å². The number of benzene rings is 2. The highest BCUT2D eigenvalue weighted by molar-refractivity contribution is 6.35. The van der Waals surface area contributed by atoms with Crippen molar-refractivity contribution in [1.29, 1.82) is 0 Å². The van der Waals surface area contributed by atoms with E-state index in [4.69, 9.17) is 39.5 Å². The van der Waals surface area contributed by atoms with Crippen molar-refractivity contribution in [2.75, 3.05) is 13.2 Å². The van der Waals surface area contributed by atoms with E-state index in [0.717, 1.165) is 24.0 Å². The summed E-state index contributed by atoms with van der Waals surface area (Å²) in [6.07, 6.45) is 2.29. The third-order valence-electron chi connectivity index (χ3n) is 5.34. The van der Waals surface area contributed by atoms with Crippen molar-refractivity contribution in [2.24, 2.45) is 0 Å². The molecular weight excluding hydrogens is 483 g/mol. The number of nitrogens with one attached hydrogen (secondary N) is 1. The van der Waals surface area contributed by atoms with Gasteiger partial charge in [-0.15, -0.1) is 0 Å². The molecule has 0 aromatic heterocycles. The molecule has 180 valence electrons. The number of hydrogen-bond donors (Lipinski definition) is 1. The van der Waals surface area contributed by atoms with Crippen LogP contribution >= 0.6 is 34.8 Å². The maximum absolute atomic E-state index is 13.3. The van der Waals surface area contributed by atoms with Gasteiger partial charge in [-0.2, -0.15) is 0 Å². The molecule has 0 aliphatic rings. The van der Waals surface area contributed by atoms with Crippen LogP contribution in [0.2, 0.25) is 15.1 Å². The van der Waals surface area contributed by atoms with Crippen LogP contribution < -0.4 is 10.1 Å². The van der Waals surface area contributed by atoms with Gasteiger partial charge in [-0.1, -0.05) is 61.1 Å². The fourth-order valence-corrected chi connectivity index (χ4v) is 4.05. The summed E-state index contributed by atoms with van der Waals surface area (Å²) >= 11 is 18.6. The molecule has 0 aliphatic carbocycles. The largest absolute Gasteiger partial charge is 0.484 e. The highest BCUT2D eigenvalue weighted by Crippen LogP contribution is 2.27. The van der Waals surface area contributed by atoms with E-state index < -0.39 is 6.04 Å². The van der Waals surface area contributed by atoms with Crippen LogP contribution in [-0.4, -0.2) is 35.9 Å². The summed E-state index contributed by atoms with van der Waals surface area (Å²) in [7, 11) is 0. The highest BCUT2D eigenvalue weighted by atomic mass is 35.5. The maximum atomic E-state index is 13.3. The molecule has 0 fully saturated rings. The lowest BCUT2D eigenvalue weighted by Gasteiger charge is -2.31. The van der Waals surface area contributed by atoms with Crippen LogP contribution in [0.3, 0.4) is 0 Å². The van der Waals surface area contributed by atoms with Gasteiger partial charge in [-0.25, -0.2) is 0 Å². The predicted molar refractivity (Wildman–Crippen MR) is 135 cm³/mol. The fraction of sp³-hybridized carbons (Fsp3) is 0.440. The number of unbranched alkanes of at least 4 members (excludes halogenated alkanes) is 1. The zero-order valence-corrected chi connectivity index (χ0v) is 21.8. The number of halogens is 3. The highest BCUT2D eigenvalue weighted by Gasteiger charge is 2.29. The fourth-order valence-electron chi connectivity index (χ4n) is 3.48. The summed E-state index contributed by atoms with van der Waals surface area (Å²) < 4.78 is 5.79. The van der Waals surface area contributed by atoms with E-state index >= 15 is 0 Å². The first-order valence-corrected chi connectivity index (χ1v) is 12.2. The number of ether oxygens (including phenoxy) is 1. The number of nitrogens with zero attached hydrogens (tertiary/aromatic N) is 1. The Morgan fingerprint density at radius 1 is 1.06 bits per heavy atom. The van der Waals surface area contributed by atoms with Gasteiger partial charge in [0, 0.05) is 28.2 Å². The molecule has 0 saturated heterocycles. The van der Waals surface area contributed by atoms with E-state index in [1.54, 1.807) is 30.3 Å². The topological polar surface area (TPSA) is 58.6 Å². The van der Waals surface area contributed by atoms with Gasteiger partial charge in [0.2, 0.25) is 5.91 Å². The van der Waals surface area contributed by atoms with Crippen molar-refractivity contribution in [1.82, 2.24) is 10.2 Å². The Hall–Kier alpha value is -1.95. The number of rotatable bonds is 11. The second-order valence-corrected chi connectivity index (χ2v) is 9.21. The van der Waals surface area contributed by atoms with Gasteiger partial charge < -0.3 is 15.0 Å². The average Bonchev–Trinajstić information content (AvgIpc) is 2.77. The van der Waals surface area contributed by atoms with E-state index in [1.165, 1.54) is 4.90 Å². The van der Waals surface area contributed by atoms with Crippen molar-refractivity contribution in [3.63, 3.8) is 0 Å². The van der Waals surface area contributed by atoms with Gasteiger partial charge >= 0.3 is 0 Å². The summed E-state index contributed by atoms with van der Waals surface area (Å²) in [6.45, 7) is 8.20. The third-order valence-corrected chi connectivity index (χ3v) is 6.53. The molecule has 0 bridgehead atoms. The first kappa shape index (κ1) is 27.3. The van der Waals surface area contributed by atoms with Crippen LogP contribution in [0.5, 0.6) is 5.75 Å². The molecule has 2 amide bonds. The summed E-state index contributed by atoms with van der Waals surface area (Å²) in [6, 6.07) is 8.02. The number of carbonyl (C=O) groups is 2. The monoisotopic (exact) mass is 512 g/mol. The van der Waals surface area contributed by atoms with Gasteiger partial charge in [0.1, 0.15) is 11.8 Å². The number of aryl methyl sites for hydroxylation is 2. The minimum absolute atomic E-state index is 0.163. The van der Waals surface area contributed by atoms with Crippen LogP contribution in [0.15, 0.2) is 30.3 Å². The molecule has 0 unspecified atom stereocenters. The number of carbonyl (C=O) groups excluding carboxylic acids is 2. The quantitative estimate of drug-likeness (QED) is 0.355. The van der Waals surface area contributed by atoms with Crippen molar-refractivity contribution in [3.8, 4) is 5.75 Å². The molecule has 8 heteroatoms. The molecule has 2 aromatic rings. The van der Waals surface area contributed by atoms with E-state index in [0.29, 0.717) is 39.3 Å². The molecule has 1 N–H and O–H groups in total. The smallest absolute Gasteiger partial charge is 0.261 e. The second-order valence-electron chi connectivity index (χ2n) is 7.99. The Bertz CT molecular complexity index is 958. The van der Waals surface area contributed by atoms with Crippen molar-refractivity contribution >= 4 is 46.6 Å². The lowest BCUT2D eigenvalue weighted by Crippen LogP contribution is -2.50. The van der Waals surface area contributed by atoms with Gasteiger partial charge in [-0.3, -0.25) is 9.59 Å². The zero-order valence-electron chi connectivity index (χ0n) is 19.5. The normalized spacial score (nSPS) is 11.7. The van der Waals surface area contributed by atoms with Gasteiger partial charge in [0.15, 0.2) is 6.61 Å². The Morgan fingerprint density at radius 3 is 2.30 bits per heavy atom. The molecule has 0 spiro atoms. The molecular formula is C25H31Cl3N2O3. The third kappa shape index (κ3) is 7.80. The molecule has 2 aromatic carbocycles. The molecule has 0 saturated carbocycles. The molecule has 0 heterocycles. The second kappa shape index (κ2) is 13.1. The van der Waals surface area contributed by atoms with Crippen molar-refractivity contribution in [2.45, 2.75) is 59.5 Å². The minimum atomic E-state index is -0.654. The number of hydrogen-bond acceptors (Lipinski definition) is 3. The Labute approximate surface area is 211 Å². The Balaban J connectivity index is 2.25. The molecule has 1 atom stereocenters. The SMILES string of the molecule is CCCCNC(=O)[C@@H](CC)N(Cc1ccc(Cl)cc1Cl)C(=O)COc1cc(C)c(Cl)c(C)c1. The van der Waals surface area contributed by atoms with Crippen LogP contribution in [0.1, 0.15) is 49.8 Å². The first-order chi connectivity index (χ1) is 15.7. The standard InChI is InChI=1S/C25H31Cl3N2O3/c1-5-7-10-29-25(32)22(6-2)30(14-18-8-9-19(26)13-21(18)27)23(31)15-33-20-11-16(3)24(28)17(4)12-20/h8-9,11-13,22H,5-7,10,14-15H2,1-4H3,(H,29,32)/t22-/m1/s1. The van der Waals surface area contributed by atoms with Crippen molar-refractivity contribution < 1.29 is 14.3 Å². The van der Waals surface area contributed by atoms with Crippen LogP contribution in [0.4, 0.5) is 0 Å². The van der Waals surface area contributed by atoms with Crippen LogP contribution in [0.25, 0.3) is 0 Å². The minimum Gasteiger partial charge on any atom is -0.484 e. The van der Waals surface area contributed by atoms with E-state index in [9.17, 15) is 9.59 Å². The Morgan fingerprint density at radius 2 is 1.73 bits per heavy atom. The zero-order chi connectivity index (χ0) is 24.5. The summed E-state index contributed by atoms with van der Waals surface area (Å²) in [5, 5.41) is 4.54. The molecule has 2 rings (SSSR count). The average molecular weight is 514 g/mol. The van der Waals surface area contributed by atoms with E-state index in [1.807, 2.05) is 20.8 Å². The molecule has 5 nitrogen and oxygen atoms in total. The summed E-state index contributed by atoms with van der Waals surface area (Å²) in [4.78, 5) is 27.7. The number of amides is 2. The maximum Gasteiger partial charge on any atom is 0.261 e. The summed E-state index contributed by atoms with van der Waals surface area (Å²) in [5.41, 5.74) is 2.43. The first-order valence-electron chi connectivity index (χ1n) is 11.1. The van der Waals surface area contributed by atoms with Crippen LogP contribution in [-0.2, 0) is 16.1 Å². The predicted octanol–water partition coefficient (Wildman–Crippen LogP) is 6.37. The van der Waals surface area contributed by atoms with E-state index in [-0.39, 0.29) is 25.0 Å². The molecule has 0 radical (unpaired) electrons. The molecule has 0 aliphatic heterocycles. The van der Waals surface area contributed by atoms with E-state index in [2.05, 4.69) is 12.2 Å². The van der Waals surface area contributed by atoms with Gasteiger partial charge in [0.25, 0.3) is 5.91 Å². The van der Waals surface area contributed by atoms with Crippen molar-refractivity contribution in [3.05, 3.63) is 62.1 Å². The lowest BCUT2D eigenvalue weighted by atomic mass is 10.1. The lowest BCUT2D eigenvalue weighted by molar-refractivity contribution is -0.143.